The summed E-state index contributed by atoms with van der Waals surface area (Å²) in [6.45, 7) is 2.85. The van der Waals surface area contributed by atoms with Crippen LogP contribution in [0.4, 0.5) is 0 Å². The van der Waals surface area contributed by atoms with E-state index >= 15 is 0 Å². The molecule has 0 unspecified atom stereocenters. The topological polar surface area (TPSA) is 50.1 Å². The second kappa shape index (κ2) is 5.61. The standard InChI is InChI=1S/C13H17N3O/c1-11(10-17)14-9-12-4-2-5-13(8-12)16-7-3-6-15-16/h2-8,11,14,17H,9-10H2,1H3/t11-/m1/s1. The van der Waals surface area contributed by atoms with Gasteiger partial charge in [-0.25, -0.2) is 4.68 Å². The maximum Gasteiger partial charge on any atom is 0.0648 e. The van der Waals surface area contributed by atoms with Gasteiger partial charge < -0.3 is 10.4 Å². The van der Waals surface area contributed by atoms with Crippen molar-refractivity contribution in [3.05, 3.63) is 48.3 Å². The Morgan fingerprint density at radius 1 is 1.41 bits per heavy atom. The molecule has 17 heavy (non-hydrogen) atoms. The fraction of sp³-hybridized carbons (Fsp3) is 0.308. The maximum absolute atomic E-state index is 8.94. The van der Waals surface area contributed by atoms with Crippen molar-refractivity contribution in [2.24, 2.45) is 0 Å². The molecule has 0 aliphatic carbocycles. The van der Waals surface area contributed by atoms with Gasteiger partial charge in [0.05, 0.1) is 12.3 Å². The number of nitrogens with zero attached hydrogens (tertiary/aromatic N) is 2. The summed E-state index contributed by atoms with van der Waals surface area (Å²) in [6.07, 6.45) is 3.68. The number of rotatable bonds is 5. The molecule has 4 heteroatoms. The molecule has 0 spiro atoms. The van der Waals surface area contributed by atoms with Gasteiger partial charge in [-0.15, -0.1) is 0 Å². The normalized spacial score (nSPS) is 12.6. The summed E-state index contributed by atoms with van der Waals surface area (Å²) in [5.41, 5.74) is 2.23. The molecular weight excluding hydrogens is 214 g/mol. The molecule has 0 bridgehead atoms. The first-order valence-corrected chi connectivity index (χ1v) is 5.73. The van der Waals surface area contributed by atoms with E-state index in [-0.39, 0.29) is 12.6 Å². The molecule has 0 aliphatic heterocycles. The Morgan fingerprint density at radius 3 is 3.00 bits per heavy atom. The molecule has 0 saturated carbocycles. The average molecular weight is 231 g/mol. The van der Waals surface area contributed by atoms with E-state index in [1.165, 1.54) is 5.56 Å². The fourth-order valence-corrected chi connectivity index (χ4v) is 1.59. The van der Waals surface area contributed by atoms with Gasteiger partial charge >= 0.3 is 0 Å². The minimum atomic E-state index is 0.114. The lowest BCUT2D eigenvalue weighted by atomic mass is 10.2. The van der Waals surface area contributed by atoms with E-state index in [9.17, 15) is 0 Å². The molecule has 0 aliphatic rings. The van der Waals surface area contributed by atoms with Crippen LogP contribution in [0.2, 0.25) is 0 Å². The first-order valence-electron chi connectivity index (χ1n) is 5.73. The summed E-state index contributed by atoms with van der Waals surface area (Å²) < 4.78 is 1.83. The van der Waals surface area contributed by atoms with Crippen LogP contribution in [0.15, 0.2) is 42.7 Å². The van der Waals surface area contributed by atoms with Crippen LogP contribution in [-0.4, -0.2) is 27.5 Å². The van der Waals surface area contributed by atoms with Gasteiger partial charge in [-0.05, 0) is 30.7 Å². The van der Waals surface area contributed by atoms with Gasteiger partial charge in [0.25, 0.3) is 0 Å². The maximum atomic E-state index is 8.94. The Kier molecular flexibility index (Phi) is 3.90. The number of hydrogen-bond acceptors (Lipinski definition) is 3. The Balaban J connectivity index is 2.07. The zero-order chi connectivity index (χ0) is 12.1. The fourth-order valence-electron chi connectivity index (χ4n) is 1.59. The third-order valence-corrected chi connectivity index (χ3v) is 2.61. The Bertz CT molecular complexity index is 453. The number of aromatic nitrogens is 2. The van der Waals surface area contributed by atoms with Crippen molar-refractivity contribution in [1.29, 1.82) is 0 Å². The molecule has 2 N–H and O–H groups in total. The van der Waals surface area contributed by atoms with Crippen LogP contribution >= 0.6 is 0 Å². The van der Waals surface area contributed by atoms with Gasteiger partial charge in [0.15, 0.2) is 0 Å². The molecule has 1 aromatic carbocycles. The molecule has 1 atom stereocenters. The molecule has 1 heterocycles. The van der Waals surface area contributed by atoms with Gasteiger partial charge in [-0.2, -0.15) is 5.10 Å². The van der Waals surface area contributed by atoms with E-state index in [1.54, 1.807) is 6.20 Å². The Morgan fingerprint density at radius 2 is 2.29 bits per heavy atom. The van der Waals surface area contributed by atoms with Crippen LogP contribution in [0.3, 0.4) is 0 Å². The van der Waals surface area contributed by atoms with Crippen molar-refractivity contribution in [3.8, 4) is 5.69 Å². The van der Waals surface area contributed by atoms with Crippen LogP contribution < -0.4 is 5.32 Å². The monoisotopic (exact) mass is 231 g/mol. The third-order valence-electron chi connectivity index (χ3n) is 2.61. The number of nitrogens with one attached hydrogen (secondary N) is 1. The quantitative estimate of drug-likeness (QED) is 0.816. The van der Waals surface area contributed by atoms with Gasteiger partial charge in [0.1, 0.15) is 0 Å². The van der Waals surface area contributed by atoms with E-state index in [2.05, 4.69) is 22.5 Å². The number of aliphatic hydroxyl groups excluding tert-OH is 1. The Labute approximate surface area is 101 Å². The molecule has 0 saturated heterocycles. The summed E-state index contributed by atoms with van der Waals surface area (Å²) in [5.74, 6) is 0. The van der Waals surface area contributed by atoms with Crippen LogP contribution in [0.5, 0.6) is 0 Å². The molecule has 0 amide bonds. The van der Waals surface area contributed by atoms with E-state index in [1.807, 2.05) is 36.0 Å². The van der Waals surface area contributed by atoms with E-state index in [4.69, 9.17) is 5.11 Å². The summed E-state index contributed by atoms with van der Waals surface area (Å²) in [5, 5.41) is 16.4. The van der Waals surface area contributed by atoms with Gasteiger partial charge in [-0.1, -0.05) is 12.1 Å². The third kappa shape index (κ3) is 3.15. The summed E-state index contributed by atoms with van der Waals surface area (Å²) >= 11 is 0. The molecule has 0 radical (unpaired) electrons. The molecular formula is C13H17N3O. The first-order chi connectivity index (χ1) is 8.29. The van der Waals surface area contributed by atoms with Crippen molar-refractivity contribution in [2.75, 3.05) is 6.61 Å². The predicted octanol–water partition coefficient (Wildman–Crippen LogP) is 1.34. The first kappa shape index (κ1) is 11.8. The molecule has 0 fully saturated rings. The van der Waals surface area contributed by atoms with Crippen molar-refractivity contribution >= 4 is 0 Å². The van der Waals surface area contributed by atoms with E-state index in [0.717, 1.165) is 12.2 Å². The smallest absolute Gasteiger partial charge is 0.0648 e. The van der Waals surface area contributed by atoms with Crippen LogP contribution in [0.1, 0.15) is 12.5 Å². The highest BCUT2D eigenvalue weighted by Gasteiger charge is 2.01. The van der Waals surface area contributed by atoms with Crippen molar-refractivity contribution < 1.29 is 5.11 Å². The lowest BCUT2D eigenvalue weighted by molar-refractivity contribution is 0.251. The summed E-state index contributed by atoms with van der Waals surface area (Å²) in [4.78, 5) is 0. The molecule has 2 rings (SSSR count). The zero-order valence-corrected chi connectivity index (χ0v) is 9.87. The van der Waals surface area contributed by atoms with Crippen LogP contribution in [0.25, 0.3) is 5.69 Å². The lowest BCUT2D eigenvalue weighted by Crippen LogP contribution is -2.28. The summed E-state index contributed by atoms with van der Waals surface area (Å²) in [7, 11) is 0. The van der Waals surface area contributed by atoms with Crippen LogP contribution in [-0.2, 0) is 6.54 Å². The van der Waals surface area contributed by atoms with Crippen molar-refractivity contribution in [1.82, 2.24) is 15.1 Å². The minimum absolute atomic E-state index is 0.114. The number of hydrogen-bond donors (Lipinski definition) is 2. The van der Waals surface area contributed by atoms with Crippen molar-refractivity contribution in [2.45, 2.75) is 19.5 Å². The van der Waals surface area contributed by atoms with Gasteiger partial charge in [0, 0.05) is 25.0 Å². The lowest BCUT2D eigenvalue weighted by Gasteiger charge is -2.11. The molecule has 2 aromatic rings. The average Bonchev–Trinajstić information content (AvgIpc) is 2.90. The largest absolute Gasteiger partial charge is 0.395 e. The highest BCUT2D eigenvalue weighted by atomic mass is 16.3. The van der Waals surface area contributed by atoms with Gasteiger partial charge in [-0.3, -0.25) is 0 Å². The molecule has 1 aromatic heterocycles. The van der Waals surface area contributed by atoms with Crippen LogP contribution in [0, 0.1) is 0 Å². The van der Waals surface area contributed by atoms with E-state index < -0.39 is 0 Å². The highest BCUT2D eigenvalue weighted by molar-refractivity contribution is 5.34. The van der Waals surface area contributed by atoms with Gasteiger partial charge in [0.2, 0.25) is 0 Å². The molecule has 90 valence electrons. The number of aliphatic hydroxyl groups is 1. The van der Waals surface area contributed by atoms with E-state index in [0.29, 0.717) is 0 Å². The molecule has 4 nitrogen and oxygen atoms in total. The minimum Gasteiger partial charge on any atom is -0.395 e. The number of benzene rings is 1. The van der Waals surface area contributed by atoms with Crippen molar-refractivity contribution in [3.63, 3.8) is 0 Å². The Hall–Kier alpha value is -1.65. The summed E-state index contributed by atoms with van der Waals surface area (Å²) in [6, 6.07) is 10.2. The second-order valence-electron chi connectivity index (χ2n) is 4.09. The predicted molar refractivity (Wildman–Crippen MR) is 67.0 cm³/mol. The highest BCUT2D eigenvalue weighted by Crippen LogP contribution is 2.09. The SMILES string of the molecule is C[C@H](CO)NCc1cccc(-n2cccn2)c1. The second-order valence-corrected chi connectivity index (χ2v) is 4.09. The zero-order valence-electron chi connectivity index (χ0n) is 9.87.